The summed E-state index contributed by atoms with van der Waals surface area (Å²) in [4.78, 5) is 2.63. The molecule has 3 nitrogen and oxygen atoms in total. The van der Waals surface area contributed by atoms with Crippen LogP contribution < -0.4 is 10.1 Å². The summed E-state index contributed by atoms with van der Waals surface area (Å²) in [6, 6.07) is 5.11. The van der Waals surface area contributed by atoms with Crippen molar-refractivity contribution in [2.24, 2.45) is 0 Å². The third-order valence-electron chi connectivity index (χ3n) is 4.58. The van der Waals surface area contributed by atoms with Crippen LogP contribution >= 0.6 is 15.9 Å². The number of halogens is 1. The van der Waals surface area contributed by atoms with Gasteiger partial charge in [0.1, 0.15) is 5.75 Å². The molecule has 1 N–H and O–H groups in total. The van der Waals surface area contributed by atoms with E-state index >= 15 is 0 Å². The van der Waals surface area contributed by atoms with Crippen molar-refractivity contribution in [3.05, 3.63) is 27.7 Å². The highest BCUT2D eigenvalue weighted by Gasteiger charge is 2.25. The molecule has 0 aliphatic carbocycles. The highest BCUT2D eigenvalue weighted by molar-refractivity contribution is 9.10. The van der Waals surface area contributed by atoms with Crippen LogP contribution in [0, 0.1) is 0 Å². The average molecular weight is 353 g/mol. The molecule has 2 aliphatic heterocycles. The second-order valence-electron chi connectivity index (χ2n) is 6.08. The SMILES string of the molecule is CCNCC1CCCCN1Cc1cc(Br)cc2c1OCC2. The first-order chi connectivity index (χ1) is 10.3. The zero-order valence-corrected chi connectivity index (χ0v) is 14.4. The smallest absolute Gasteiger partial charge is 0.127 e. The van der Waals surface area contributed by atoms with Gasteiger partial charge in [0.05, 0.1) is 6.61 Å². The maximum absolute atomic E-state index is 5.88. The van der Waals surface area contributed by atoms with Crippen LogP contribution in [-0.2, 0) is 13.0 Å². The molecular weight excluding hydrogens is 328 g/mol. The van der Waals surface area contributed by atoms with Gasteiger partial charge >= 0.3 is 0 Å². The minimum absolute atomic E-state index is 0.662. The number of likely N-dealkylation sites (tertiary alicyclic amines) is 1. The first-order valence-corrected chi connectivity index (χ1v) is 8.96. The largest absolute Gasteiger partial charge is 0.493 e. The van der Waals surface area contributed by atoms with Gasteiger partial charge in [-0.3, -0.25) is 4.90 Å². The summed E-state index contributed by atoms with van der Waals surface area (Å²) in [5.74, 6) is 1.14. The maximum Gasteiger partial charge on any atom is 0.127 e. The van der Waals surface area contributed by atoms with Gasteiger partial charge in [0, 0.05) is 35.6 Å². The number of nitrogens with zero attached hydrogens (tertiary/aromatic N) is 1. The molecule has 21 heavy (non-hydrogen) atoms. The molecule has 4 heteroatoms. The normalized spacial score (nSPS) is 22.1. The van der Waals surface area contributed by atoms with Crippen molar-refractivity contribution in [2.45, 2.75) is 45.2 Å². The van der Waals surface area contributed by atoms with E-state index in [1.807, 2.05) is 0 Å². The first-order valence-electron chi connectivity index (χ1n) is 8.16. The van der Waals surface area contributed by atoms with E-state index in [-0.39, 0.29) is 0 Å². The molecule has 1 aromatic carbocycles. The Bertz CT molecular complexity index is 492. The molecule has 0 amide bonds. The average Bonchev–Trinajstić information content (AvgIpc) is 2.94. The minimum atomic E-state index is 0.662. The second kappa shape index (κ2) is 7.12. The lowest BCUT2D eigenvalue weighted by Gasteiger charge is -2.36. The fourth-order valence-corrected chi connectivity index (χ4v) is 4.05. The van der Waals surface area contributed by atoms with Crippen LogP contribution in [0.3, 0.4) is 0 Å². The van der Waals surface area contributed by atoms with Crippen molar-refractivity contribution >= 4 is 15.9 Å². The summed E-state index contributed by atoms with van der Waals surface area (Å²) >= 11 is 3.65. The first kappa shape index (κ1) is 15.3. The van der Waals surface area contributed by atoms with Crippen molar-refractivity contribution in [2.75, 3.05) is 26.2 Å². The number of fused-ring (bicyclic) bond motifs is 1. The van der Waals surface area contributed by atoms with Crippen LogP contribution in [0.25, 0.3) is 0 Å². The van der Waals surface area contributed by atoms with Gasteiger partial charge in [0.25, 0.3) is 0 Å². The Kier molecular flexibility index (Phi) is 5.19. The molecule has 1 unspecified atom stereocenters. The molecule has 2 aliphatic rings. The van der Waals surface area contributed by atoms with E-state index in [4.69, 9.17) is 4.74 Å². The Labute approximate surface area is 136 Å². The van der Waals surface area contributed by atoms with Gasteiger partial charge in [-0.05, 0) is 43.6 Å². The molecule has 3 rings (SSSR count). The van der Waals surface area contributed by atoms with Gasteiger partial charge in [-0.2, -0.15) is 0 Å². The quantitative estimate of drug-likeness (QED) is 0.879. The van der Waals surface area contributed by atoms with Crippen molar-refractivity contribution < 1.29 is 4.74 Å². The van der Waals surface area contributed by atoms with Crippen molar-refractivity contribution in [1.82, 2.24) is 10.2 Å². The number of nitrogens with one attached hydrogen (secondary N) is 1. The maximum atomic E-state index is 5.88. The van der Waals surface area contributed by atoms with Crippen LogP contribution in [0.4, 0.5) is 0 Å². The zero-order chi connectivity index (χ0) is 14.7. The number of ether oxygens (including phenoxy) is 1. The predicted molar refractivity (Wildman–Crippen MR) is 89.9 cm³/mol. The molecule has 116 valence electrons. The van der Waals surface area contributed by atoms with E-state index in [0.717, 1.165) is 38.4 Å². The van der Waals surface area contributed by atoms with E-state index in [2.05, 4.69) is 45.2 Å². The van der Waals surface area contributed by atoms with Crippen molar-refractivity contribution in [3.63, 3.8) is 0 Å². The van der Waals surface area contributed by atoms with Gasteiger partial charge in [-0.15, -0.1) is 0 Å². The monoisotopic (exact) mass is 352 g/mol. The molecule has 1 saturated heterocycles. The third kappa shape index (κ3) is 3.61. The Balaban J connectivity index is 1.75. The highest BCUT2D eigenvalue weighted by Crippen LogP contribution is 2.34. The summed E-state index contributed by atoms with van der Waals surface area (Å²) in [5, 5.41) is 3.52. The lowest BCUT2D eigenvalue weighted by atomic mass is 10.00. The molecular formula is C17H25BrN2O. The van der Waals surface area contributed by atoms with E-state index in [1.54, 1.807) is 0 Å². The summed E-state index contributed by atoms with van der Waals surface area (Å²) in [5.41, 5.74) is 2.71. The van der Waals surface area contributed by atoms with E-state index in [9.17, 15) is 0 Å². The number of piperidine rings is 1. The van der Waals surface area contributed by atoms with E-state index < -0.39 is 0 Å². The van der Waals surface area contributed by atoms with Crippen LogP contribution in [0.1, 0.15) is 37.3 Å². The fraction of sp³-hybridized carbons (Fsp3) is 0.647. The Morgan fingerprint density at radius 2 is 2.29 bits per heavy atom. The zero-order valence-electron chi connectivity index (χ0n) is 12.8. The summed E-state index contributed by atoms with van der Waals surface area (Å²) < 4.78 is 7.06. The summed E-state index contributed by atoms with van der Waals surface area (Å²) in [6.45, 7) is 7.39. The lowest BCUT2D eigenvalue weighted by molar-refractivity contribution is 0.136. The topological polar surface area (TPSA) is 24.5 Å². The number of rotatable bonds is 5. The molecule has 0 bridgehead atoms. The molecule has 1 atom stereocenters. The van der Waals surface area contributed by atoms with Gasteiger partial charge in [-0.25, -0.2) is 0 Å². The molecule has 1 aromatic rings. The van der Waals surface area contributed by atoms with E-state index in [0.29, 0.717) is 6.04 Å². The van der Waals surface area contributed by atoms with Gasteiger partial charge < -0.3 is 10.1 Å². The predicted octanol–water partition coefficient (Wildman–Crippen LogP) is 3.35. The molecule has 0 radical (unpaired) electrons. The number of benzene rings is 1. The summed E-state index contributed by atoms with van der Waals surface area (Å²) in [7, 11) is 0. The van der Waals surface area contributed by atoms with E-state index in [1.165, 1.54) is 41.4 Å². The Morgan fingerprint density at radius 1 is 1.38 bits per heavy atom. The summed E-state index contributed by atoms with van der Waals surface area (Å²) in [6.07, 6.45) is 5.03. The standard InChI is InChI=1S/C17H25BrN2O/c1-2-19-11-16-5-3-4-7-20(16)12-14-10-15(18)9-13-6-8-21-17(13)14/h9-10,16,19H,2-8,11-12H2,1H3. The Morgan fingerprint density at radius 3 is 3.14 bits per heavy atom. The van der Waals surface area contributed by atoms with Crippen LogP contribution in [0.2, 0.25) is 0 Å². The van der Waals surface area contributed by atoms with Gasteiger partial charge in [0.15, 0.2) is 0 Å². The van der Waals surface area contributed by atoms with Crippen molar-refractivity contribution in [3.8, 4) is 5.75 Å². The van der Waals surface area contributed by atoms with Gasteiger partial charge in [0.2, 0.25) is 0 Å². The molecule has 0 aromatic heterocycles. The lowest BCUT2D eigenvalue weighted by Crippen LogP contribution is -2.45. The second-order valence-corrected chi connectivity index (χ2v) is 7.00. The van der Waals surface area contributed by atoms with Crippen LogP contribution in [0.15, 0.2) is 16.6 Å². The molecule has 0 saturated carbocycles. The molecule has 2 heterocycles. The number of hydrogen-bond donors (Lipinski definition) is 1. The molecule has 0 spiro atoms. The fourth-order valence-electron chi connectivity index (χ4n) is 3.49. The number of likely N-dealkylation sites (N-methyl/N-ethyl adjacent to an activating group) is 1. The minimum Gasteiger partial charge on any atom is -0.493 e. The highest BCUT2D eigenvalue weighted by atomic mass is 79.9. The molecule has 1 fully saturated rings. The van der Waals surface area contributed by atoms with Crippen LogP contribution in [-0.4, -0.2) is 37.2 Å². The number of hydrogen-bond acceptors (Lipinski definition) is 3. The van der Waals surface area contributed by atoms with Crippen LogP contribution in [0.5, 0.6) is 5.75 Å². The third-order valence-corrected chi connectivity index (χ3v) is 5.04. The van der Waals surface area contributed by atoms with Gasteiger partial charge in [-0.1, -0.05) is 29.3 Å². The Hall–Kier alpha value is -0.580. The van der Waals surface area contributed by atoms with Crippen molar-refractivity contribution in [1.29, 1.82) is 0 Å².